The summed E-state index contributed by atoms with van der Waals surface area (Å²) < 4.78 is 9.88. The highest BCUT2D eigenvalue weighted by atomic mass is 16.5. The molecule has 1 unspecified atom stereocenters. The molecule has 2 heteroatoms. The molecule has 0 aliphatic rings. The first-order chi connectivity index (χ1) is 3.85. The van der Waals surface area contributed by atoms with Gasteiger partial charge in [0.05, 0.1) is 12.7 Å². The number of rotatable bonds is 4. The molecule has 0 aliphatic carbocycles. The third-order valence-corrected chi connectivity index (χ3v) is 1.14. The summed E-state index contributed by atoms with van der Waals surface area (Å²) in [5.74, 6) is 0. The van der Waals surface area contributed by atoms with Crippen LogP contribution in [0.5, 0.6) is 0 Å². The van der Waals surface area contributed by atoms with Crippen molar-refractivity contribution in [2.75, 3.05) is 20.8 Å². The van der Waals surface area contributed by atoms with E-state index in [1.165, 1.54) is 0 Å². The van der Waals surface area contributed by atoms with E-state index in [4.69, 9.17) is 9.47 Å². The predicted molar refractivity (Wildman–Crippen MR) is 33.0 cm³/mol. The van der Waals surface area contributed by atoms with Gasteiger partial charge in [0.2, 0.25) is 0 Å². The van der Waals surface area contributed by atoms with Gasteiger partial charge in [-0.15, -0.1) is 0 Å². The van der Waals surface area contributed by atoms with E-state index < -0.39 is 0 Å². The summed E-state index contributed by atoms with van der Waals surface area (Å²) in [7, 11) is 3.38. The molecule has 0 aromatic carbocycles. The first-order valence-electron chi connectivity index (χ1n) is 2.86. The molecule has 2 nitrogen and oxygen atoms in total. The van der Waals surface area contributed by atoms with Gasteiger partial charge >= 0.3 is 0 Å². The normalized spacial score (nSPS) is 13.9. The maximum atomic E-state index is 5.01. The summed E-state index contributed by atoms with van der Waals surface area (Å²) in [5.41, 5.74) is 0. The van der Waals surface area contributed by atoms with Crippen molar-refractivity contribution in [1.82, 2.24) is 0 Å². The maximum Gasteiger partial charge on any atom is 0.0801 e. The average molecular weight is 118 g/mol. The fourth-order valence-electron chi connectivity index (χ4n) is 0.538. The second-order valence-electron chi connectivity index (χ2n) is 1.72. The van der Waals surface area contributed by atoms with Gasteiger partial charge in [0.15, 0.2) is 0 Å². The zero-order valence-electron chi connectivity index (χ0n) is 5.81. The summed E-state index contributed by atoms with van der Waals surface area (Å²) in [6.07, 6.45) is 1.30. The van der Waals surface area contributed by atoms with Gasteiger partial charge in [0.25, 0.3) is 0 Å². The van der Waals surface area contributed by atoms with E-state index in [2.05, 4.69) is 6.92 Å². The molecule has 1 atom stereocenters. The molecule has 0 fully saturated rings. The molecule has 0 heterocycles. The van der Waals surface area contributed by atoms with E-state index in [1.54, 1.807) is 14.2 Å². The van der Waals surface area contributed by atoms with E-state index in [0.29, 0.717) is 6.61 Å². The van der Waals surface area contributed by atoms with Crippen molar-refractivity contribution < 1.29 is 9.47 Å². The Balaban J connectivity index is 3.07. The Kier molecular flexibility index (Phi) is 5.01. The molecule has 0 amide bonds. The molecule has 0 aromatic heterocycles. The van der Waals surface area contributed by atoms with Gasteiger partial charge in [0, 0.05) is 14.2 Å². The van der Waals surface area contributed by atoms with Crippen LogP contribution in [0.1, 0.15) is 13.3 Å². The first kappa shape index (κ1) is 7.92. The highest BCUT2D eigenvalue weighted by Gasteiger charge is 2.00. The van der Waals surface area contributed by atoms with Gasteiger partial charge in [0.1, 0.15) is 0 Å². The smallest absolute Gasteiger partial charge is 0.0801 e. The second-order valence-corrected chi connectivity index (χ2v) is 1.72. The minimum absolute atomic E-state index is 0.278. The molecule has 0 aliphatic heterocycles. The second kappa shape index (κ2) is 5.06. The molecule has 0 saturated heterocycles. The van der Waals surface area contributed by atoms with Gasteiger partial charge in [-0.3, -0.25) is 0 Å². The van der Waals surface area contributed by atoms with Crippen LogP contribution in [0.4, 0.5) is 0 Å². The Hall–Kier alpha value is -0.0800. The molecule has 0 bridgehead atoms. The van der Waals surface area contributed by atoms with Gasteiger partial charge < -0.3 is 9.47 Å². The van der Waals surface area contributed by atoms with E-state index in [-0.39, 0.29) is 6.10 Å². The van der Waals surface area contributed by atoms with Crippen LogP contribution < -0.4 is 0 Å². The van der Waals surface area contributed by atoms with Crippen LogP contribution >= 0.6 is 0 Å². The van der Waals surface area contributed by atoms with Crippen LogP contribution in [0.15, 0.2) is 0 Å². The van der Waals surface area contributed by atoms with Crippen LogP contribution in [0.25, 0.3) is 0 Å². The minimum atomic E-state index is 0.278. The molecule has 0 radical (unpaired) electrons. The molecular weight excluding hydrogens is 104 g/mol. The Bertz CT molecular complexity index is 41.8. The summed E-state index contributed by atoms with van der Waals surface area (Å²) in [4.78, 5) is 0. The first-order valence-corrected chi connectivity index (χ1v) is 2.86. The molecule has 8 heavy (non-hydrogen) atoms. The van der Waals surface area contributed by atoms with Crippen molar-refractivity contribution in [1.29, 1.82) is 0 Å². The lowest BCUT2D eigenvalue weighted by molar-refractivity contribution is 0.0265. The molecule has 50 valence electrons. The summed E-state index contributed by atoms with van der Waals surface area (Å²) in [6, 6.07) is 0. The number of methoxy groups -OCH3 is 2. The third-order valence-electron chi connectivity index (χ3n) is 1.14. The molecular formula is C6H14O2. The zero-order valence-corrected chi connectivity index (χ0v) is 5.81. The van der Waals surface area contributed by atoms with Crippen LogP contribution in [-0.4, -0.2) is 26.9 Å². The minimum Gasteiger partial charge on any atom is -0.382 e. The molecule has 0 N–H and O–H groups in total. The van der Waals surface area contributed by atoms with Gasteiger partial charge in [-0.25, -0.2) is 0 Å². The molecule has 0 rings (SSSR count). The summed E-state index contributed by atoms with van der Waals surface area (Å²) in [6.45, 7) is 2.78. The van der Waals surface area contributed by atoms with Crippen LogP contribution in [-0.2, 0) is 9.47 Å². The van der Waals surface area contributed by atoms with Crippen molar-refractivity contribution in [2.45, 2.75) is 19.4 Å². The van der Waals surface area contributed by atoms with Crippen LogP contribution in [0.2, 0.25) is 0 Å². The predicted octanol–water partition coefficient (Wildman–Crippen LogP) is 1.06. The lowest BCUT2D eigenvalue weighted by atomic mass is 10.3. The lowest BCUT2D eigenvalue weighted by Crippen LogP contribution is -2.15. The third kappa shape index (κ3) is 2.99. The van der Waals surface area contributed by atoms with E-state index in [1.807, 2.05) is 0 Å². The van der Waals surface area contributed by atoms with Gasteiger partial charge in [-0.1, -0.05) is 6.92 Å². The lowest BCUT2D eigenvalue weighted by Gasteiger charge is -2.09. The average Bonchev–Trinajstić information content (AvgIpc) is 1.83. The summed E-state index contributed by atoms with van der Waals surface area (Å²) >= 11 is 0. The summed E-state index contributed by atoms with van der Waals surface area (Å²) in [5, 5.41) is 0. The fraction of sp³-hybridized carbons (Fsp3) is 1.00. The molecule has 0 spiro atoms. The van der Waals surface area contributed by atoms with E-state index >= 15 is 0 Å². The van der Waals surface area contributed by atoms with Gasteiger partial charge in [-0.05, 0) is 6.42 Å². The Labute approximate surface area is 50.8 Å². The fourth-order valence-corrected chi connectivity index (χ4v) is 0.538. The SMILES string of the molecule is CCC(COC)OC. The van der Waals surface area contributed by atoms with E-state index in [9.17, 15) is 0 Å². The van der Waals surface area contributed by atoms with Crippen molar-refractivity contribution in [3.8, 4) is 0 Å². The van der Waals surface area contributed by atoms with E-state index in [0.717, 1.165) is 6.42 Å². The van der Waals surface area contributed by atoms with Crippen molar-refractivity contribution >= 4 is 0 Å². The Morgan fingerprint density at radius 1 is 1.38 bits per heavy atom. The van der Waals surface area contributed by atoms with Crippen LogP contribution in [0, 0.1) is 0 Å². The molecule has 0 aromatic rings. The quantitative estimate of drug-likeness (QED) is 0.549. The number of ether oxygens (including phenoxy) is 2. The van der Waals surface area contributed by atoms with Crippen molar-refractivity contribution in [2.24, 2.45) is 0 Å². The molecule has 0 saturated carbocycles. The monoisotopic (exact) mass is 118 g/mol. The number of hydrogen-bond donors (Lipinski definition) is 0. The highest BCUT2D eigenvalue weighted by molar-refractivity contribution is 4.49. The highest BCUT2D eigenvalue weighted by Crippen LogP contribution is 1.94. The van der Waals surface area contributed by atoms with Gasteiger partial charge in [-0.2, -0.15) is 0 Å². The van der Waals surface area contributed by atoms with Crippen molar-refractivity contribution in [3.05, 3.63) is 0 Å². The topological polar surface area (TPSA) is 18.5 Å². The van der Waals surface area contributed by atoms with Crippen molar-refractivity contribution in [3.63, 3.8) is 0 Å². The Morgan fingerprint density at radius 3 is 2.12 bits per heavy atom. The zero-order chi connectivity index (χ0) is 6.41. The van der Waals surface area contributed by atoms with Crippen LogP contribution in [0.3, 0.4) is 0 Å². The maximum absolute atomic E-state index is 5.01. The standard InChI is InChI=1S/C6H14O2/c1-4-6(8-3)5-7-2/h6H,4-5H2,1-3H3. The Morgan fingerprint density at radius 2 is 2.00 bits per heavy atom. The largest absolute Gasteiger partial charge is 0.382 e. The number of hydrogen-bond acceptors (Lipinski definition) is 2.